The van der Waals surface area contributed by atoms with E-state index >= 15 is 0 Å². The zero-order valence-corrected chi connectivity index (χ0v) is 12.5. The Morgan fingerprint density at radius 3 is 3.06 bits per heavy atom. The van der Waals surface area contributed by atoms with Gasteiger partial charge in [0.1, 0.15) is 5.75 Å². The van der Waals surface area contributed by atoms with Crippen molar-refractivity contribution in [3.8, 4) is 5.75 Å². The van der Waals surface area contributed by atoms with Gasteiger partial charge in [-0.15, -0.1) is 11.3 Å². The fourth-order valence-electron chi connectivity index (χ4n) is 1.69. The first-order valence-corrected chi connectivity index (χ1v) is 7.42. The molecule has 2 N–H and O–H groups in total. The number of hydrogen-bond donors (Lipinski definition) is 2. The largest absolute Gasteiger partial charge is 0.506 e. The Kier molecular flexibility index (Phi) is 4.74. The van der Waals surface area contributed by atoms with Crippen molar-refractivity contribution in [1.82, 2.24) is 10.3 Å². The molecule has 1 atom stereocenters. The van der Waals surface area contributed by atoms with Crippen LogP contribution in [0.4, 0.5) is 0 Å². The smallest absolute Gasteiger partial charge is 0.134 e. The highest BCUT2D eigenvalue weighted by atomic mass is 79.9. The Hall–Kier alpha value is -0.910. The second-order valence-corrected chi connectivity index (χ2v) is 5.93. The summed E-state index contributed by atoms with van der Waals surface area (Å²) in [5.41, 5.74) is 0.899. The zero-order chi connectivity index (χ0) is 13.0. The quantitative estimate of drug-likeness (QED) is 0.883. The Labute approximate surface area is 119 Å². The van der Waals surface area contributed by atoms with E-state index in [0.29, 0.717) is 18.2 Å². The van der Waals surface area contributed by atoms with Crippen molar-refractivity contribution >= 4 is 27.3 Å². The summed E-state index contributed by atoms with van der Waals surface area (Å²) in [5, 5.41) is 16.3. The number of aromatic hydroxyl groups is 1. The summed E-state index contributed by atoms with van der Waals surface area (Å²) in [5.74, 6) is 0.700. The molecule has 0 bridgehead atoms. The lowest BCUT2D eigenvalue weighted by Gasteiger charge is -2.11. The number of aromatic nitrogens is 1. The highest BCUT2D eigenvalue weighted by molar-refractivity contribution is 9.10. The molecule has 18 heavy (non-hydrogen) atoms. The Bertz CT molecular complexity index is 502. The van der Waals surface area contributed by atoms with E-state index < -0.39 is 0 Å². The molecule has 1 unspecified atom stereocenters. The second kappa shape index (κ2) is 6.31. The van der Waals surface area contributed by atoms with Crippen molar-refractivity contribution in [2.24, 2.45) is 0 Å². The first-order chi connectivity index (χ1) is 8.68. The zero-order valence-electron chi connectivity index (χ0n) is 10.1. The maximum Gasteiger partial charge on any atom is 0.134 e. The van der Waals surface area contributed by atoms with Crippen LogP contribution >= 0.6 is 27.3 Å². The van der Waals surface area contributed by atoms with Crippen LogP contribution in [0.3, 0.4) is 0 Å². The third-order valence-corrected chi connectivity index (χ3v) is 4.36. The van der Waals surface area contributed by atoms with Crippen LogP contribution < -0.4 is 5.32 Å². The lowest BCUT2D eigenvalue weighted by atomic mass is 10.1. The minimum absolute atomic E-state index is 0.312. The molecule has 3 nitrogen and oxygen atoms in total. The molecule has 0 radical (unpaired) electrons. The normalized spacial score (nSPS) is 12.6. The van der Waals surface area contributed by atoms with Gasteiger partial charge >= 0.3 is 0 Å². The fourth-order valence-corrected chi connectivity index (χ4v) is 2.80. The van der Waals surface area contributed by atoms with Gasteiger partial charge in [0.05, 0.1) is 9.48 Å². The summed E-state index contributed by atoms with van der Waals surface area (Å²) in [7, 11) is 0. The van der Waals surface area contributed by atoms with Crippen LogP contribution in [-0.2, 0) is 6.54 Å². The standard InChI is InChI=1S/C13H15BrN2OS/c1-9(13-16-5-6-18-13)7-15-8-10-3-2-4-11(14)12(10)17/h2-6,9,15,17H,7-8H2,1H3. The summed E-state index contributed by atoms with van der Waals surface area (Å²) < 4.78 is 0.731. The molecule has 0 fully saturated rings. The van der Waals surface area contributed by atoms with Crippen molar-refractivity contribution in [2.45, 2.75) is 19.4 Å². The number of benzene rings is 1. The van der Waals surface area contributed by atoms with E-state index in [1.165, 1.54) is 0 Å². The molecular formula is C13H15BrN2OS. The van der Waals surface area contributed by atoms with E-state index in [1.54, 1.807) is 11.3 Å². The predicted octanol–water partition coefficient (Wildman–Crippen LogP) is 3.50. The number of halogens is 1. The van der Waals surface area contributed by atoms with Crippen molar-refractivity contribution in [1.29, 1.82) is 0 Å². The highest BCUT2D eigenvalue weighted by Gasteiger charge is 2.09. The lowest BCUT2D eigenvalue weighted by molar-refractivity contribution is 0.460. The van der Waals surface area contributed by atoms with Gasteiger partial charge in [-0.2, -0.15) is 0 Å². The van der Waals surface area contributed by atoms with Gasteiger partial charge in [-0.1, -0.05) is 19.1 Å². The summed E-state index contributed by atoms with van der Waals surface area (Å²) in [4.78, 5) is 4.30. The molecule has 0 aliphatic rings. The van der Waals surface area contributed by atoms with Crippen LogP contribution in [0.15, 0.2) is 34.2 Å². The number of phenols is 1. The molecule has 0 amide bonds. The topological polar surface area (TPSA) is 45.1 Å². The molecule has 0 saturated carbocycles. The average molecular weight is 327 g/mol. The summed E-state index contributed by atoms with van der Waals surface area (Å²) in [6.45, 7) is 3.65. The number of phenolic OH excluding ortho intramolecular Hbond substituents is 1. The Morgan fingerprint density at radius 1 is 1.50 bits per heavy atom. The van der Waals surface area contributed by atoms with Crippen LogP contribution in [0.5, 0.6) is 5.75 Å². The van der Waals surface area contributed by atoms with Gasteiger partial charge < -0.3 is 10.4 Å². The molecule has 96 valence electrons. The molecule has 1 aromatic carbocycles. The highest BCUT2D eigenvalue weighted by Crippen LogP contribution is 2.27. The maximum absolute atomic E-state index is 9.85. The van der Waals surface area contributed by atoms with E-state index in [4.69, 9.17) is 0 Å². The lowest BCUT2D eigenvalue weighted by Crippen LogP contribution is -2.19. The molecule has 0 aliphatic carbocycles. The third-order valence-electron chi connectivity index (χ3n) is 2.71. The van der Waals surface area contributed by atoms with Gasteiger partial charge in [0.15, 0.2) is 0 Å². The molecule has 0 aliphatic heterocycles. The SMILES string of the molecule is CC(CNCc1cccc(Br)c1O)c1nccs1. The molecule has 0 saturated heterocycles. The fraction of sp³-hybridized carbons (Fsp3) is 0.308. The number of para-hydroxylation sites is 1. The number of rotatable bonds is 5. The summed E-state index contributed by atoms with van der Waals surface area (Å²) in [6, 6.07) is 5.67. The van der Waals surface area contributed by atoms with Gasteiger partial charge in [0.25, 0.3) is 0 Å². The van der Waals surface area contributed by atoms with Gasteiger partial charge in [-0.25, -0.2) is 4.98 Å². The number of hydrogen-bond acceptors (Lipinski definition) is 4. The minimum Gasteiger partial charge on any atom is -0.506 e. The minimum atomic E-state index is 0.312. The summed E-state index contributed by atoms with van der Waals surface area (Å²) >= 11 is 4.99. The second-order valence-electron chi connectivity index (χ2n) is 4.15. The third kappa shape index (κ3) is 3.31. The molecule has 1 heterocycles. The van der Waals surface area contributed by atoms with E-state index in [2.05, 4.69) is 33.2 Å². The Morgan fingerprint density at radius 2 is 2.33 bits per heavy atom. The van der Waals surface area contributed by atoms with Gasteiger partial charge in [0, 0.05) is 36.1 Å². The predicted molar refractivity (Wildman–Crippen MR) is 78.0 cm³/mol. The average Bonchev–Trinajstić information content (AvgIpc) is 2.88. The molecular weight excluding hydrogens is 312 g/mol. The van der Waals surface area contributed by atoms with Crippen LogP contribution in [0.1, 0.15) is 23.4 Å². The van der Waals surface area contributed by atoms with Crippen molar-refractivity contribution < 1.29 is 5.11 Å². The van der Waals surface area contributed by atoms with Crippen molar-refractivity contribution in [2.75, 3.05) is 6.54 Å². The first kappa shape index (κ1) is 13.5. The van der Waals surface area contributed by atoms with Crippen LogP contribution in [0.2, 0.25) is 0 Å². The number of nitrogens with zero attached hydrogens (tertiary/aromatic N) is 1. The van der Waals surface area contributed by atoms with E-state index in [1.807, 2.05) is 29.8 Å². The van der Waals surface area contributed by atoms with Gasteiger partial charge in [-0.3, -0.25) is 0 Å². The van der Waals surface area contributed by atoms with E-state index in [0.717, 1.165) is 21.6 Å². The summed E-state index contributed by atoms with van der Waals surface area (Å²) in [6.07, 6.45) is 1.83. The number of thiazole rings is 1. The van der Waals surface area contributed by atoms with Crippen molar-refractivity contribution in [3.63, 3.8) is 0 Å². The van der Waals surface area contributed by atoms with E-state index in [9.17, 15) is 5.11 Å². The van der Waals surface area contributed by atoms with Crippen LogP contribution in [0, 0.1) is 0 Å². The molecule has 5 heteroatoms. The van der Waals surface area contributed by atoms with Gasteiger partial charge in [0.2, 0.25) is 0 Å². The monoisotopic (exact) mass is 326 g/mol. The molecule has 2 rings (SSSR count). The Balaban J connectivity index is 1.87. The van der Waals surface area contributed by atoms with Crippen LogP contribution in [-0.4, -0.2) is 16.6 Å². The van der Waals surface area contributed by atoms with Gasteiger partial charge in [-0.05, 0) is 22.0 Å². The molecule has 0 spiro atoms. The number of nitrogens with one attached hydrogen (secondary N) is 1. The molecule has 1 aromatic heterocycles. The van der Waals surface area contributed by atoms with Crippen molar-refractivity contribution in [3.05, 3.63) is 44.8 Å². The first-order valence-electron chi connectivity index (χ1n) is 5.75. The molecule has 2 aromatic rings. The van der Waals surface area contributed by atoms with Crippen LogP contribution in [0.25, 0.3) is 0 Å². The van der Waals surface area contributed by atoms with E-state index in [-0.39, 0.29) is 0 Å². The maximum atomic E-state index is 9.85.